The van der Waals surface area contributed by atoms with Crippen LogP contribution in [0.5, 0.6) is 0 Å². The first kappa shape index (κ1) is 15.2. The molecule has 5 nitrogen and oxygen atoms in total. The third-order valence-corrected chi connectivity index (χ3v) is 4.40. The molecule has 0 radical (unpaired) electrons. The lowest BCUT2D eigenvalue weighted by molar-refractivity contribution is 0.122. The van der Waals surface area contributed by atoms with Gasteiger partial charge in [0.25, 0.3) is 0 Å². The summed E-state index contributed by atoms with van der Waals surface area (Å²) in [5, 5.41) is 8.14. The average molecular weight is 341 g/mol. The minimum atomic E-state index is 0.724. The van der Waals surface area contributed by atoms with Crippen LogP contribution in [0.2, 0.25) is 5.02 Å². The van der Waals surface area contributed by atoms with E-state index in [4.69, 9.17) is 16.3 Å². The van der Waals surface area contributed by atoms with Gasteiger partial charge < -0.3 is 9.64 Å². The maximum atomic E-state index is 5.99. The highest BCUT2D eigenvalue weighted by molar-refractivity contribution is 6.30. The van der Waals surface area contributed by atoms with Crippen molar-refractivity contribution in [2.75, 3.05) is 31.2 Å². The summed E-state index contributed by atoms with van der Waals surface area (Å²) >= 11 is 5.99. The Morgan fingerprint density at radius 1 is 1.04 bits per heavy atom. The summed E-state index contributed by atoms with van der Waals surface area (Å²) in [6.07, 6.45) is 3.74. The molecule has 2 aromatic heterocycles. The molecule has 3 heterocycles. The molecule has 6 heteroatoms. The van der Waals surface area contributed by atoms with E-state index in [1.807, 2.05) is 42.7 Å². The molecule has 0 atom stereocenters. The van der Waals surface area contributed by atoms with E-state index in [1.54, 1.807) is 0 Å². The lowest BCUT2D eigenvalue weighted by Gasteiger charge is -2.27. The molecule has 4 rings (SSSR count). The van der Waals surface area contributed by atoms with Crippen LogP contribution < -0.4 is 4.90 Å². The summed E-state index contributed by atoms with van der Waals surface area (Å²) in [4.78, 5) is 6.74. The molecule has 0 unspecified atom stereocenters. The van der Waals surface area contributed by atoms with E-state index in [-0.39, 0.29) is 0 Å². The van der Waals surface area contributed by atoms with Crippen molar-refractivity contribution in [3.05, 3.63) is 53.8 Å². The molecule has 24 heavy (non-hydrogen) atoms. The number of H-pyrrole nitrogens is 1. The lowest BCUT2D eigenvalue weighted by Crippen LogP contribution is -2.36. The smallest absolute Gasteiger partial charge is 0.129 e. The lowest BCUT2D eigenvalue weighted by atomic mass is 10.0. The quantitative estimate of drug-likeness (QED) is 0.791. The van der Waals surface area contributed by atoms with Gasteiger partial charge in [0.2, 0.25) is 0 Å². The summed E-state index contributed by atoms with van der Waals surface area (Å²) in [6, 6.07) is 11.8. The number of anilines is 1. The zero-order valence-corrected chi connectivity index (χ0v) is 13.8. The summed E-state index contributed by atoms with van der Waals surface area (Å²) in [7, 11) is 0. The van der Waals surface area contributed by atoms with Crippen molar-refractivity contribution in [3.63, 3.8) is 0 Å². The Kier molecular flexibility index (Phi) is 4.19. The number of halogens is 1. The van der Waals surface area contributed by atoms with Crippen LogP contribution >= 0.6 is 11.6 Å². The average Bonchev–Trinajstić information content (AvgIpc) is 3.13. The summed E-state index contributed by atoms with van der Waals surface area (Å²) < 4.78 is 5.41. The molecular formula is C18H17ClN4O. The molecule has 1 aliphatic heterocycles. The van der Waals surface area contributed by atoms with Crippen LogP contribution in [-0.4, -0.2) is 41.5 Å². The molecule has 0 amide bonds. The zero-order chi connectivity index (χ0) is 16.4. The van der Waals surface area contributed by atoms with Gasteiger partial charge in [-0.25, -0.2) is 4.98 Å². The maximum Gasteiger partial charge on any atom is 0.129 e. The SMILES string of the molecule is Clc1ccc(-c2c[nH]nc2-c2ccnc(N3CCOCC3)c2)cc1. The Balaban J connectivity index is 1.69. The Hall–Kier alpha value is -2.37. The van der Waals surface area contributed by atoms with Gasteiger partial charge in [-0.2, -0.15) is 5.10 Å². The van der Waals surface area contributed by atoms with Gasteiger partial charge in [-0.1, -0.05) is 23.7 Å². The van der Waals surface area contributed by atoms with Crippen LogP contribution in [0.1, 0.15) is 0 Å². The molecule has 0 bridgehead atoms. The van der Waals surface area contributed by atoms with Gasteiger partial charge in [0, 0.05) is 41.6 Å². The fourth-order valence-corrected chi connectivity index (χ4v) is 3.02. The highest BCUT2D eigenvalue weighted by Gasteiger charge is 2.15. The van der Waals surface area contributed by atoms with E-state index in [9.17, 15) is 0 Å². The minimum Gasteiger partial charge on any atom is -0.378 e. The molecular weight excluding hydrogens is 324 g/mol. The molecule has 1 N–H and O–H groups in total. The van der Waals surface area contributed by atoms with Crippen LogP contribution in [0.4, 0.5) is 5.82 Å². The van der Waals surface area contributed by atoms with E-state index in [0.717, 1.165) is 59.5 Å². The number of nitrogens with zero attached hydrogens (tertiary/aromatic N) is 3. The highest BCUT2D eigenvalue weighted by Crippen LogP contribution is 2.32. The number of ether oxygens (including phenoxy) is 1. The summed E-state index contributed by atoms with van der Waals surface area (Å²) in [5.74, 6) is 0.959. The monoisotopic (exact) mass is 340 g/mol. The van der Waals surface area contributed by atoms with Crippen LogP contribution in [0.3, 0.4) is 0 Å². The van der Waals surface area contributed by atoms with E-state index < -0.39 is 0 Å². The second-order valence-corrected chi connectivity index (χ2v) is 6.09. The van der Waals surface area contributed by atoms with E-state index in [1.165, 1.54) is 0 Å². The van der Waals surface area contributed by atoms with Gasteiger partial charge in [0.05, 0.1) is 13.2 Å². The van der Waals surface area contributed by atoms with Gasteiger partial charge in [0.15, 0.2) is 0 Å². The number of morpholine rings is 1. The van der Waals surface area contributed by atoms with Crippen LogP contribution in [-0.2, 0) is 4.74 Å². The van der Waals surface area contributed by atoms with E-state index >= 15 is 0 Å². The van der Waals surface area contributed by atoms with Crippen LogP contribution in [0.15, 0.2) is 48.8 Å². The molecule has 0 spiro atoms. The van der Waals surface area contributed by atoms with Crippen LogP contribution in [0, 0.1) is 0 Å². The predicted molar refractivity (Wildman–Crippen MR) is 95.3 cm³/mol. The topological polar surface area (TPSA) is 54.0 Å². The fourth-order valence-electron chi connectivity index (χ4n) is 2.89. The number of aromatic amines is 1. The second kappa shape index (κ2) is 6.63. The van der Waals surface area contributed by atoms with Gasteiger partial charge in [-0.15, -0.1) is 0 Å². The number of aromatic nitrogens is 3. The Morgan fingerprint density at radius 3 is 2.62 bits per heavy atom. The number of nitrogens with one attached hydrogen (secondary N) is 1. The highest BCUT2D eigenvalue weighted by atomic mass is 35.5. The van der Waals surface area contributed by atoms with Crippen LogP contribution in [0.25, 0.3) is 22.4 Å². The molecule has 0 aliphatic carbocycles. The number of hydrogen-bond acceptors (Lipinski definition) is 4. The van der Waals surface area contributed by atoms with Crippen molar-refractivity contribution in [1.82, 2.24) is 15.2 Å². The van der Waals surface area contributed by atoms with Gasteiger partial charge >= 0.3 is 0 Å². The molecule has 1 aromatic carbocycles. The maximum absolute atomic E-state index is 5.99. The number of benzene rings is 1. The summed E-state index contributed by atoms with van der Waals surface area (Å²) in [6.45, 7) is 3.21. The second-order valence-electron chi connectivity index (χ2n) is 5.66. The molecule has 122 valence electrons. The predicted octanol–water partition coefficient (Wildman–Crippen LogP) is 3.63. The van der Waals surface area contributed by atoms with Gasteiger partial charge in [0.1, 0.15) is 11.5 Å². The van der Waals surface area contributed by atoms with Gasteiger partial charge in [-0.3, -0.25) is 5.10 Å². The molecule has 1 aliphatic rings. The first-order valence-electron chi connectivity index (χ1n) is 7.90. The molecule has 3 aromatic rings. The van der Waals surface area contributed by atoms with Crippen molar-refractivity contribution in [1.29, 1.82) is 0 Å². The molecule has 1 fully saturated rings. The zero-order valence-electron chi connectivity index (χ0n) is 13.1. The Labute approximate surface area is 145 Å². The normalized spacial score (nSPS) is 14.8. The van der Waals surface area contributed by atoms with E-state index in [2.05, 4.69) is 26.1 Å². The standard InChI is InChI=1S/C18H17ClN4O/c19-15-3-1-13(2-4-15)16-12-21-22-18(16)14-5-6-20-17(11-14)23-7-9-24-10-8-23/h1-6,11-12H,7-10H2,(H,21,22). The summed E-state index contributed by atoms with van der Waals surface area (Å²) in [5.41, 5.74) is 4.07. The number of hydrogen-bond donors (Lipinski definition) is 1. The minimum absolute atomic E-state index is 0.724. The number of rotatable bonds is 3. The van der Waals surface area contributed by atoms with Crippen molar-refractivity contribution in [3.8, 4) is 22.4 Å². The van der Waals surface area contributed by atoms with Crippen molar-refractivity contribution in [2.45, 2.75) is 0 Å². The van der Waals surface area contributed by atoms with Crippen molar-refractivity contribution < 1.29 is 4.74 Å². The first-order valence-corrected chi connectivity index (χ1v) is 8.28. The Bertz CT molecular complexity index is 825. The third-order valence-electron chi connectivity index (χ3n) is 4.15. The largest absolute Gasteiger partial charge is 0.378 e. The molecule has 1 saturated heterocycles. The fraction of sp³-hybridized carbons (Fsp3) is 0.222. The first-order chi connectivity index (χ1) is 11.8. The third kappa shape index (κ3) is 3.00. The van der Waals surface area contributed by atoms with Crippen molar-refractivity contribution >= 4 is 17.4 Å². The molecule has 0 saturated carbocycles. The Morgan fingerprint density at radius 2 is 1.83 bits per heavy atom. The number of pyridine rings is 1. The van der Waals surface area contributed by atoms with Gasteiger partial charge in [-0.05, 0) is 29.8 Å². The van der Waals surface area contributed by atoms with Crippen molar-refractivity contribution in [2.24, 2.45) is 0 Å². The van der Waals surface area contributed by atoms with E-state index in [0.29, 0.717) is 0 Å².